The van der Waals surface area contributed by atoms with Gasteiger partial charge in [0.1, 0.15) is 0 Å². The summed E-state index contributed by atoms with van der Waals surface area (Å²) in [5.74, 6) is 0.665. The van der Waals surface area contributed by atoms with Gasteiger partial charge in [0.05, 0.1) is 11.4 Å². The first kappa shape index (κ1) is 11.3. The maximum atomic E-state index is 5.75. The zero-order chi connectivity index (χ0) is 12.3. The van der Waals surface area contributed by atoms with E-state index in [0.29, 0.717) is 11.5 Å². The van der Waals surface area contributed by atoms with Crippen molar-refractivity contribution < 1.29 is 0 Å². The van der Waals surface area contributed by atoms with Gasteiger partial charge in [0.25, 0.3) is 0 Å². The van der Waals surface area contributed by atoms with Crippen LogP contribution in [0.1, 0.15) is 25.5 Å². The minimum Gasteiger partial charge on any atom is -0.380 e. The number of benzene rings is 1. The van der Waals surface area contributed by atoms with Crippen LogP contribution >= 0.6 is 0 Å². The summed E-state index contributed by atoms with van der Waals surface area (Å²) >= 11 is 0. The summed E-state index contributed by atoms with van der Waals surface area (Å²) in [6.45, 7) is 4.10. The molecule has 88 valence electrons. The van der Waals surface area contributed by atoms with E-state index in [0.717, 1.165) is 11.4 Å². The van der Waals surface area contributed by atoms with Crippen molar-refractivity contribution in [1.82, 2.24) is 10.2 Å². The molecule has 0 unspecified atom stereocenters. The normalized spacial score (nSPS) is 11.5. The molecule has 0 bridgehead atoms. The molecule has 0 radical (unpaired) electrons. The van der Waals surface area contributed by atoms with Crippen LogP contribution < -0.4 is 5.73 Å². The lowest BCUT2D eigenvalue weighted by molar-refractivity contribution is 0.809. The van der Waals surface area contributed by atoms with Gasteiger partial charge in [-0.15, -0.1) is 5.11 Å². The van der Waals surface area contributed by atoms with Gasteiger partial charge in [-0.2, -0.15) is 10.2 Å². The second kappa shape index (κ2) is 4.78. The van der Waals surface area contributed by atoms with Gasteiger partial charge in [-0.05, 0) is 18.1 Å². The number of nitrogens with zero attached hydrogens (tertiary/aromatic N) is 3. The van der Waals surface area contributed by atoms with E-state index in [1.54, 1.807) is 0 Å². The topological polar surface area (TPSA) is 79.4 Å². The summed E-state index contributed by atoms with van der Waals surface area (Å²) in [5, 5.41) is 15.1. The Morgan fingerprint density at radius 1 is 1.18 bits per heavy atom. The maximum absolute atomic E-state index is 5.75. The third-order valence-corrected chi connectivity index (χ3v) is 2.39. The summed E-state index contributed by atoms with van der Waals surface area (Å²) in [4.78, 5) is 0. The van der Waals surface area contributed by atoms with Gasteiger partial charge in [-0.3, -0.25) is 5.10 Å². The molecule has 0 spiro atoms. The van der Waals surface area contributed by atoms with Crippen molar-refractivity contribution in [3.05, 3.63) is 36.0 Å². The molecule has 0 saturated carbocycles. The van der Waals surface area contributed by atoms with E-state index in [4.69, 9.17) is 5.73 Å². The quantitative estimate of drug-likeness (QED) is 0.789. The summed E-state index contributed by atoms with van der Waals surface area (Å²) in [7, 11) is 0. The van der Waals surface area contributed by atoms with Crippen LogP contribution in [0.3, 0.4) is 0 Å². The number of hydrogen-bond acceptors (Lipinski definition) is 4. The Morgan fingerprint density at radius 3 is 2.53 bits per heavy atom. The molecule has 2 aromatic rings. The highest BCUT2D eigenvalue weighted by Gasteiger charge is 2.13. The van der Waals surface area contributed by atoms with Crippen LogP contribution in [0.2, 0.25) is 0 Å². The molecule has 3 N–H and O–H groups in total. The number of hydrogen-bond donors (Lipinski definition) is 2. The van der Waals surface area contributed by atoms with Crippen molar-refractivity contribution in [1.29, 1.82) is 0 Å². The Labute approximate surface area is 99.8 Å². The molecule has 0 aliphatic rings. The number of nitrogens with two attached hydrogens (primary N) is 1. The van der Waals surface area contributed by atoms with Gasteiger partial charge in [0.2, 0.25) is 0 Å². The molecule has 0 amide bonds. The number of rotatable bonds is 3. The first-order chi connectivity index (χ1) is 8.18. The lowest BCUT2D eigenvalue weighted by Gasteiger charge is -2.01. The first-order valence-corrected chi connectivity index (χ1v) is 5.49. The minimum atomic E-state index is 0.282. The molecule has 1 aromatic heterocycles. The van der Waals surface area contributed by atoms with Crippen LogP contribution in [0.25, 0.3) is 0 Å². The molecular formula is C12H15N5. The average Bonchev–Trinajstić information content (AvgIpc) is 2.69. The fraction of sp³-hybridized carbons (Fsp3) is 0.250. The number of anilines is 1. The standard InChI is InChI=1S/C12H15N5/c1-8(2)10-11(12(13)17-15-10)16-14-9-6-4-3-5-7-9/h3-8H,1-2H3,(H3,13,15,17). The van der Waals surface area contributed by atoms with Crippen LogP contribution in [0, 0.1) is 0 Å². The zero-order valence-electron chi connectivity index (χ0n) is 9.88. The molecule has 0 fully saturated rings. The molecule has 0 aliphatic heterocycles. The Kier molecular flexibility index (Phi) is 3.18. The highest BCUT2D eigenvalue weighted by atomic mass is 15.2. The number of nitrogens with one attached hydrogen (secondary N) is 1. The third kappa shape index (κ3) is 2.50. The molecular weight excluding hydrogens is 214 g/mol. The summed E-state index contributed by atoms with van der Waals surface area (Å²) in [5.41, 5.74) is 8.07. The Balaban J connectivity index is 2.30. The van der Waals surface area contributed by atoms with Crippen molar-refractivity contribution in [3.8, 4) is 0 Å². The van der Waals surface area contributed by atoms with Gasteiger partial charge in [0.15, 0.2) is 11.5 Å². The largest absolute Gasteiger partial charge is 0.380 e. The van der Waals surface area contributed by atoms with Crippen molar-refractivity contribution in [3.63, 3.8) is 0 Å². The molecule has 1 aromatic carbocycles. The lowest BCUT2D eigenvalue weighted by Crippen LogP contribution is -1.87. The van der Waals surface area contributed by atoms with E-state index in [2.05, 4.69) is 34.3 Å². The van der Waals surface area contributed by atoms with Crippen LogP contribution in [0.15, 0.2) is 40.6 Å². The van der Waals surface area contributed by atoms with Gasteiger partial charge < -0.3 is 5.73 Å². The number of azo groups is 1. The predicted molar refractivity (Wildman–Crippen MR) is 67.7 cm³/mol. The van der Waals surface area contributed by atoms with Crippen molar-refractivity contribution >= 4 is 17.2 Å². The number of nitrogen functional groups attached to an aromatic ring is 1. The van der Waals surface area contributed by atoms with E-state index in [1.165, 1.54) is 0 Å². The fourth-order valence-corrected chi connectivity index (χ4v) is 1.47. The van der Waals surface area contributed by atoms with Crippen LogP contribution in [-0.4, -0.2) is 10.2 Å². The lowest BCUT2D eigenvalue weighted by atomic mass is 10.1. The SMILES string of the molecule is CC(C)c1[nH]nc(N)c1N=Nc1ccccc1. The summed E-state index contributed by atoms with van der Waals surface area (Å²) < 4.78 is 0. The van der Waals surface area contributed by atoms with Crippen molar-refractivity contribution in [2.24, 2.45) is 10.2 Å². The van der Waals surface area contributed by atoms with Crippen LogP contribution in [-0.2, 0) is 0 Å². The van der Waals surface area contributed by atoms with Gasteiger partial charge >= 0.3 is 0 Å². The van der Waals surface area contributed by atoms with Gasteiger partial charge in [0, 0.05) is 0 Å². The number of H-pyrrole nitrogens is 1. The third-order valence-electron chi connectivity index (χ3n) is 2.39. The van der Waals surface area contributed by atoms with E-state index in [-0.39, 0.29) is 5.92 Å². The summed E-state index contributed by atoms with van der Waals surface area (Å²) in [6.07, 6.45) is 0. The smallest absolute Gasteiger partial charge is 0.173 e. The molecule has 17 heavy (non-hydrogen) atoms. The molecule has 0 atom stereocenters. The summed E-state index contributed by atoms with van der Waals surface area (Å²) in [6, 6.07) is 9.53. The monoisotopic (exact) mass is 229 g/mol. The van der Waals surface area contributed by atoms with Crippen molar-refractivity contribution in [2.75, 3.05) is 5.73 Å². The highest BCUT2D eigenvalue weighted by molar-refractivity contribution is 5.61. The fourth-order valence-electron chi connectivity index (χ4n) is 1.47. The average molecular weight is 229 g/mol. The molecule has 5 nitrogen and oxygen atoms in total. The second-order valence-electron chi connectivity index (χ2n) is 4.06. The number of aromatic amines is 1. The predicted octanol–water partition coefficient (Wildman–Crippen LogP) is 3.53. The van der Waals surface area contributed by atoms with Crippen LogP contribution in [0.4, 0.5) is 17.2 Å². The molecule has 2 rings (SSSR count). The Bertz CT molecular complexity index is 513. The van der Waals surface area contributed by atoms with E-state index >= 15 is 0 Å². The van der Waals surface area contributed by atoms with E-state index in [1.807, 2.05) is 30.3 Å². The number of aromatic nitrogens is 2. The van der Waals surface area contributed by atoms with Crippen molar-refractivity contribution in [2.45, 2.75) is 19.8 Å². The van der Waals surface area contributed by atoms with E-state index in [9.17, 15) is 0 Å². The Morgan fingerprint density at radius 2 is 1.88 bits per heavy atom. The van der Waals surface area contributed by atoms with Gasteiger partial charge in [-0.25, -0.2) is 0 Å². The van der Waals surface area contributed by atoms with E-state index < -0.39 is 0 Å². The van der Waals surface area contributed by atoms with Gasteiger partial charge in [-0.1, -0.05) is 32.0 Å². The van der Waals surface area contributed by atoms with Crippen LogP contribution in [0.5, 0.6) is 0 Å². The first-order valence-electron chi connectivity index (χ1n) is 5.49. The Hall–Kier alpha value is -2.17. The minimum absolute atomic E-state index is 0.282. The molecule has 0 saturated heterocycles. The molecule has 5 heteroatoms. The highest BCUT2D eigenvalue weighted by Crippen LogP contribution is 2.31. The maximum Gasteiger partial charge on any atom is 0.173 e. The zero-order valence-corrected chi connectivity index (χ0v) is 9.88. The molecule has 1 heterocycles. The molecule has 0 aliphatic carbocycles. The second-order valence-corrected chi connectivity index (χ2v) is 4.06.